The first kappa shape index (κ1) is 19.3. The molecule has 0 radical (unpaired) electrons. The van der Waals surface area contributed by atoms with Gasteiger partial charge in [-0.2, -0.15) is 0 Å². The Morgan fingerprint density at radius 3 is 2.09 bits per heavy atom. The molecular weight excluding hydrogens is 414 g/mol. The fourth-order valence-electron chi connectivity index (χ4n) is 5.85. The summed E-state index contributed by atoms with van der Waals surface area (Å²) in [5.41, 5.74) is 12.1. The third-order valence-corrected chi connectivity index (χ3v) is 7.36. The first-order chi connectivity index (χ1) is 16.7. The van der Waals surface area contributed by atoms with Crippen LogP contribution in [0.25, 0.3) is 44.3 Å². The number of aryl methyl sites for hydroxylation is 2. The van der Waals surface area contributed by atoms with Crippen molar-refractivity contribution in [2.45, 2.75) is 12.8 Å². The summed E-state index contributed by atoms with van der Waals surface area (Å²) in [5, 5.41) is 2.39. The average molecular weight is 439 g/mol. The normalized spacial score (nSPS) is 12.9. The third kappa shape index (κ3) is 2.60. The Kier molecular flexibility index (Phi) is 4.07. The minimum absolute atomic E-state index is 0.189. The van der Waals surface area contributed by atoms with E-state index in [4.69, 9.17) is 4.42 Å². The van der Waals surface area contributed by atoms with E-state index >= 15 is 0 Å². The van der Waals surface area contributed by atoms with E-state index in [1.165, 1.54) is 44.2 Å². The first-order valence-corrected chi connectivity index (χ1v) is 11.8. The lowest BCUT2D eigenvalue weighted by Crippen LogP contribution is -2.30. The van der Waals surface area contributed by atoms with Crippen LogP contribution in [0.5, 0.6) is 0 Å². The van der Waals surface area contributed by atoms with Gasteiger partial charge in [0.2, 0.25) is 5.69 Å². The van der Waals surface area contributed by atoms with E-state index in [2.05, 4.69) is 122 Å². The summed E-state index contributed by atoms with van der Waals surface area (Å²) in [7, 11) is 2.09. The van der Waals surface area contributed by atoms with Gasteiger partial charge in [-0.15, -0.1) is 0 Å². The number of hydrogen-bond acceptors (Lipinski definition) is 1. The van der Waals surface area contributed by atoms with Crippen molar-refractivity contribution in [1.29, 1.82) is 0 Å². The van der Waals surface area contributed by atoms with Gasteiger partial charge in [0.25, 0.3) is 0 Å². The van der Waals surface area contributed by atoms with Gasteiger partial charge in [-0.1, -0.05) is 72.8 Å². The topological polar surface area (TPSA) is 17.0 Å². The maximum absolute atomic E-state index is 6.64. The molecular formula is C32H24NO+. The van der Waals surface area contributed by atoms with Crippen molar-refractivity contribution in [3.05, 3.63) is 126 Å². The van der Waals surface area contributed by atoms with Gasteiger partial charge in [-0.25, -0.2) is 4.57 Å². The summed E-state index contributed by atoms with van der Waals surface area (Å²) in [5.74, 6) is 0.189. The zero-order valence-electron chi connectivity index (χ0n) is 19.2. The average Bonchev–Trinajstić information content (AvgIpc) is 3.41. The Morgan fingerprint density at radius 2 is 1.35 bits per heavy atom. The van der Waals surface area contributed by atoms with E-state index in [0.717, 1.165) is 22.4 Å². The lowest BCUT2D eigenvalue weighted by Gasteiger charge is -2.15. The molecule has 2 aromatic heterocycles. The van der Waals surface area contributed by atoms with Gasteiger partial charge in [0, 0.05) is 28.8 Å². The highest BCUT2D eigenvalue weighted by molar-refractivity contribution is 6.11. The van der Waals surface area contributed by atoms with Crippen LogP contribution in [-0.4, -0.2) is 0 Å². The van der Waals surface area contributed by atoms with E-state index in [0.29, 0.717) is 0 Å². The number of pyridine rings is 1. The molecule has 0 saturated heterocycles. The molecule has 2 nitrogen and oxygen atoms in total. The van der Waals surface area contributed by atoms with Gasteiger partial charge in [-0.3, -0.25) is 0 Å². The molecule has 0 amide bonds. The highest BCUT2D eigenvalue weighted by Gasteiger charge is 2.32. The number of rotatable bonds is 2. The van der Waals surface area contributed by atoms with Gasteiger partial charge >= 0.3 is 0 Å². The van der Waals surface area contributed by atoms with Gasteiger partial charge in [0.15, 0.2) is 6.20 Å². The minimum atomic E-state index is 0.189. The highest BCUT2D eigenvalue weighted by atomic mass is 16.3. The lowest BCUT2D eigenvalue weighted by molar-refractivity contribution is -0.660. The molecule has 2 heteroatoms. The van der Waals surface area contributed by atoms with Crippen LogP contribution in [-0.2, 0) is 7.05 Å². The summed E-state index contributed by atoms with van der Waals surface area (Å²) >= 11 is 0. The SMILES string of the molecule is Cc1ccc2c(oc3cccc(C4c5ccccc5-c5ccccc54)c32)c1-c1cccc[n+]1C. The molecule has 0 aliphatic heterocycles. The van der Waals surface area contributed by atoms with Gasteiger partial charge < -0.3 is 4.42 Å². The van der Waals surface area contributed by atoms with Crippen LogP contribution in [0.4, 0.5) is 0 Å². The van der Waals surface area contributed by atoms with Crippen LogP contribution in [0.15, 0.2) is 108 Å². The van der Waals surface area contributed by atoms with Gasteiger partial charge in [0.05, 0.1) is 5.56 Å². The summed E-state index contributed by atoms with van der Waals surface area (Å²) in [6.07, 6.45) is 2.09. The Bertz CT molecular complexity index is 1690. The molecule has 6 aromatic rings. The predicted molar refractivity (Wildman–Crippen MR) is 138 cm³/mol. The molecule has 1 aliphatic rings. The summed E-state index contributed by atoms with van der Waals surface area (Å²) in [4.78, 5) is 0. The van der Waals surface area contributed by atoms with Crippen molar-refractivity contribution in [3.8, 4) is 22.4 Å². The van der Waals surface area contributed by atoms with E-state index in [9.17, 15) is 0 Å². The maximum atomic E-state index is 6.64. The number of hydrogen-bond donors (Lipinski definition) is 0. The number of nitrogens with zero attached hydrogens (tertiary/aromatic N) is 1. The molecule has 0 N–H and O–H groups in total. The van der Waals surface area contributed by atoms with Crippen molar-refractivity contribution in [3.63, 3.8) is 0 Å². The molecule has 0 bridgehead atoms. The van der Waals surface area contributed by atoms with E-state index in [-0.39, 0.29) is 5.92 Å². The molecule has 4 aromatic carbocycles. The van der Waals surface area contributed by atoms with Crippen LogP contribution in [0, 0.1) is 6.92 Å². The monoisotopic (exact) mass is 438 g/mol. The Balaban J connectivity index is 1.57. The molecule has 7 rings (SSSR count). The molecule has 0 spiro atoms. The van der Waals surface area contributed by atoms with Crippen molar-refractivity contribution in [1.82, 2.24) is 0 Å². The lowest BCUT2D eigenvalue weighted by atomic mass is 9.86. The maximum Gasteiger partial charge on any atom is 0.216 e. The van der Waals surface area contributed by atoms with Crippen molar-refractivity contribution < 1.29 is 8.98 Å². The van der Waals surface area contributed by atoms with Gasteiger partial charge in [-0.05, 0) is 52.4 Å². The fraction of sp³-hybridized carbons (Fsp3) is 0.0938. The Labute approximate surface area is 198 Å². The second-order valence-corrected chi connectivity index (χ2v) is 9.26. The quantitative estimate of drug-likeness (QED) is 0.255. The van der Waals surface area contributed by atoms with Crippen molar-refractivity contribution >= 4 is 21.9 Å². The van der Waals surface area contributed by atoms with Crippen LogP contribution >= 0.6 is 0 Å². The van der Waals surface area contributed by atoms with E-state index in [1.54, 1.807) is 0 Å². The largest absolute Gasteiger partial charge is 0.455 e. The van der Waals surface area contributed by atoms with E-state index < -0.39 is 0 Å². The third-order valence-electron chi connectivity index (χ3n) is 7.36. The second kappa shape index (κ2) is 7.16. The van der Waals surface area contributed by atoms with Gasteiger partial charge in [0.1, 0.15) is 18.2 Å². The number of furan rings is 1. The highest BCUT2D eigenvalue weighted by Crippen LogP contribution is 2.50. The molecule has 1 aliphatic carbocycles. The summed E-state index contributed by atoms with van der Waals surface area (Å²) in [6.45, 7) is 2.17. The van der Waals surface area contributed by atoms with Crippen molar-refractivity contribution in [2.75, 3.05) is 0 Å². The molecule has 0 fully saturated rings. The number of aromatic nitrogens is 1. The Hall–Kier alpha value is -4.17. The number of benzene rings is 4. The molecule has 2 heterocycles. The Morgan fingerprint density at radius 1 is 0.676 bits per heavy atom. The molecule has 162 valence electrons. The minimum Gasteiger partial charge on any atom is -0.455 e. The second-order valence-electron chi connectivity index (χ2n) is 9.26. The standard InChI is InChI=1S/C32H24NO/c1-20-17-18-26-31-25(30-23-12-5-3-10-21(23)22-11-4-6-13-24(22)30)14-9-16-28(31)34-32(26)29(20)27-15-7-8-19-33(27)2/h3-19,30H,1-2H3/q+1. The van der Waals surface area contributed by atoms with Crippen LogP contribution in [0.1, 0.15) is 28.2 Å². The smallest absolute Gasteiger partial charge is 0.216 e. The number of fused-ring (bicyclic) bond motifs is 6. The molecule has 0 atom stereocenters. The van der Waals surface area contributed by atoms with Crippen LogP contribution < -0.4 is 4.57 Å². The first-order valence-electron chi connectivity index (χ1n) is 11.8. The molecule has 0 unspecified atom stereocenters. The summed E-state index contributed by atoms with van der Waals surface area (Å²) < 4.78 is 8.80. The molecule has 34 heavy (non-hydrogen) atoms. The molecule has 0 saturated carbocycles. The van der Waals surface area contributed by atoms with E-state index in [1.807, 2.05) is 0 Å². The summed E-state index contributed by atoms with van der Waals surface area (Å²) in [6, 6.07) is 35.0. The zero-order chi connectivity index (χ0) is 22.8. The van der Waals surface area contributed by atoms with Crippen molar-refractivity contribution in [2.24, 2.45) is 7.05 Å². The fourth-order valence-corrected chi connectivity index (χ4v) is 5.85. The van der Waals surface area contributed by atoms with Crippen LogP contribution in [0.2, 0.25) is 0 Å². The predicted octanol–water partition coefficient (Wildman–Crippen LogP) is 7.55. The zero-order valence-corrected chi connectivity index (χ0v) is 19.2. The van der Waals surface area contributed by atoms with Crippen LogP contribution in [0.3, 0.4) is 0 Å².